The second kappa shape index (κ2) is 4.26. The van der Waals surface area contributed by atoms with Gasteiger partial charge in [0.2, 0.25) is 5.78 Å². The van der Waals surface area contributed by atoms with Crippen LogP contribution in [0.5, 0.6) is 11.5 Å². The van der Waals surface area contributed by atoms with E-state index in [2.05, 4.69) is 15.9 Å². The Bertz CT molecular complexity index is 673. The number of hydrogen-bond acceptors (Lipinski definition) is 4. The minimum Gasteiger partial charge on any atom is -0.508 e. The van der Waals surface area contributed by atoms with Crippen LogP contribution >= 0.6 is 27.3 Å². The van der Waals surface area contributed by atoms with Gasteiger partial charge in [0.15, 0.2) is 5.76 Å². The van der Waals surface area contributed by atoms with Crippen molar-refractivity contribution in [3.05, 3.63) is 50.3 Å². The molecule has 90 valence electrons. The van der Waals surface area contributed by atoms with Crippen molar-refractivity contribution in [1.82, 2.24) is 0 Å². The van der Waals surface area contributed by atoms with Crippen molar-refractivity contribution in [2.75, 3.05) is 0 Å². The molecule has 0 saturated carbocycles. The van der Waals surface area contributed by atoms with Crippen molar-refractivity contribution in [2.24, 2.45) is 0 Å². The molecule has 1 aliphatic heterocycles. The first-order chi connectivity index (χ1) is 8.63. The highest BCUT2D eigenvalue weighted by Crippen LogP contribution is 2.35. The molecule has 2 heterocycles. The van der Waals surface area contributed by atoms with Gasteiger partial charge in [0, 0.05) is 26.9 Å². The molecule has 1 aromatic carbocycles. The highest BCUT2D eigenvalue weighted by molar-refractivity contribution is 9.10. The first-order valence-electron chi connectivity index (χ1n) is 5.15. The van der Waals surface area contributed by atoms with Gasteiger partial charge in [0.05, 0.1) is 5.56 Å². The van der Waals surface area contributed by atoms with Crippen molar-refractivity contribution < 1.29 is 14.6 Å². The van der Waals surface area contributed by atoms with Crippen molar-refractivity contribution in [3.63, 3.8) is 0 Å². The van der Waals surface area contributed by atoms with E-state index in [9.17, 15) is 9.90 Å². The van der Waals surface area contributed by atoms with Crippen LogP contribution in [0.3, 0.4) is 0 Å². The van der Waals surface area contributed by atoms with Gasteiger partial charge in [-0.25, -0.2) is 0 Å². The number of hydrogen-bond donors (Lipinski definition) is 1. The van der Waals surface area contributed by atoms with E-state index in [4.69, 9.17) is 4.74 Å². The van der Waals surface area contributed by atoms with Gasteiger partial charge >= 0.3 is 0 Å². The van der Waals surface area contributed by atoms with Gasteiger partial charge in [-0.3, -0.25) is 4.79 Å². The molecule has 0 unspecified atom stereocenters. The van der Waals surface area contributed by atoms with Crippen molar-refractivity contribution >= 4 is 39.1 Å². The van der Waals surface area contributed by atoms with Gasteiger partial charge in [-0.05, 0) is 34.1 Å². The number of carbonyl (C=O) groups is 1. The predicted octanol–water partition coefficient (Wildman–Crippen LogP) is 3.83. The Kier molecular flexibility index (Phi) is 2.72. The van der Waals surface area contributed by atoms with Crippen LogP contribution < -0.4 is 4.74 Å². The Morgan fingerprint density at radius 2 is 2.17 bits per heavy atom. The van der Waals surface area contributed by atoms with Crippen LogP contribution in [0.2, 0.25) is 0 Å². The monoisotopic (exact) mass is 322 g/mol. The van der Waals surface area contributed by atoms with Gasteiger partial charge < -0.3 is 9.84 Å². The van der Waals surface area contributed by atoms with Crippen LogP contribution in [0, 0.1) is 0 Å². The summed E-state index contributed by atoms with van der Waals surface area (Å²) in [6, 6.07) is 6.40. The van der Waals surface area contributed by atoms with Crippen molar-refractivity contribution in [1.29, 1.82) is 0 Å². The summed E-state index contributed by atoms with van der Waals surface area (Å²) in [6.45, 7) is 0. The fourth-order valence-electron chi connectivity index (χ4n) is 1.71. The van der Waals surface area contributed by atoms with E-state index in [1.807, 2.05) is 11.4 Å². The Hall–Kier alpha value is -1.59. The molecule has 0 fully saturated rings. The first kappa shape index (κ1) is 11.5. The number of fused-ring (bicyclic) bond motifs is 1. The summed E-state index contributed by atoms with van der Waals surface area (Å²) in [7, 11) is 0. The summed E-state index contributed by atoms with van der Waals surface area (Å²) in [5.41, 5.74) is 0.481. The molecule has 18 heavy (non-hydrogen) atoms. The molecule has 1 aliphatic rings. The van der Waals surface area contributed by atoms with E-state index in [0.717, 1.165) is 9.35 Å². The molecule has 5 heteroatoms. The second-order valence-electron chi connectivity index (χ2n) is 3.79. The van der Waals surface area contributed by atoms with E-state index in [1.165, 1.54) is 23.5 Å². The summed E-state index contributed by atoms with van der Waals surface area (Å²) < 4.78 is 6.43. The van der Waals surface area contributed by atoms with E-state index in [-0.39, 0.29) is 17.3 Å². The molecule has 0 radical (unpaired) electrons. The van der Waals surface area contributed by atoms with Crippen LogP contribution in [0.25, 0.3) is 6.08 Å². The summed E-state index contributed by atoms with van der Waals surface area (Å²) >= 11 is 4.87. The third-order valence-corrected chi connectivity index (χ3v) is 4.16. The standard InChI is InChI=1S/C13H7BrO3S/c14-7-3-9(18-6-7)5-12-13(16)10-2-1-8(15)4-11(10)17-12/h1-6,15H/b12-5-. The highest BCUT2D eigenvalue weighted by Gasteiger charge is 2.27. The normalized spacial score (nSPS) is 15.8. The summed E-state index contributed by atoms with van der Waals surface area (Å²) in [6.07, 6.45) is 1.70. The number of carbonyl (C=O) groups excluding carboxylic acids is 1. The summed E-state index contributed by atoms with van der Waals surface area (Å²) in [5, 5.41) is 11.3. The Labute approximate surface area is 115 Å². The van der Waals surface area contributed by atoms with Gasteiger partial charge in [-0.1, -0.05) is 0 Å². The van der Waals surface area contributed by atoms with Crippen LogP contribution in [-0.2, 0) is 0 Å². The molecule has 1 aromatic heterocycles. The van der Waals surface area contributed by atoms with Crippen LogP contribution in [0.15, 0.2) is 39.9 Å². The zero-order valence-electron chi connectivity index (χ0n) is 9.01. The third kappa shape index (κ3) is 1.95. The van der Waals surface area contributed by atoms with Crippen LogP contribution in [0.4, 0.5) is 0 Å². The number of ketones is 1. The van der Waals surface area contributed by atoms with Gasteiger partial charge in [-0.2, -0.15) is 0 Å². The lowest BCUT2D eigenvalue weighted by Gasteiger charge is -1.97. The number of Topliss-reactive ketones (excluding diaryl/α,β-unsaturated/α-hetero) is 1. The molecule has 3 nitrogen and oxygen atoms in total. The summed E-state index contributed by atoms with van der Waals surface area (Å²) in [4.78, 5) is 13.0. The lowest BCUT2D eigenvalue weighted by atomic mass is 10.1. The molecule has 2 aromatic rings. The minimum atomic E-state index is -0.158. The second-order valence-corrected chi connectivity index (χ2v) is 5.65. The van der Waals surface area contributed by atoms with E-state index < -0.39 is 0 Å². The fraction of sp³-hybridized carbons (Fsp3) is 0. The Balaban J connectivity index is 1.99. The lowest BCUT2D eigenvalue weighted by molar-refractivity contribution is 0.101. The number of phenolic OH excluding ortho intramolecular Hbond substituents is 1. The SMILES string of the molecule is O=C1/C(=C/c2cc(Br)cs2)Oc2cc(O)ccc21. The van der Waals surface area contributed by atoms with Gasteiger partial charge in [-0.15, -0.1) is 11.3 Å². The van der Waals surface area contributed by atoms with Crippen molar-refractivity contribution in [3.8, 4) is 11.5 Å². The van der Waals surface area contributed by atoms with Crippen LogP contribution in [-0.4, -0.2) is 10.9 Å². The molecule has 3 rings (SSSR count). The number of ether oxygens (including phenoxy) is 1. The number of benzene rings is 1. The minimum absolute atomic E-state index is 0.0849. The molecule has 0 amide bonds. The molecule has 1 N–H and O–H groups in total. The zero-order valence-corrected chi connectivity index (χ0v) is 11.4. The average Bonchev–Trinajstić information content (AvgIpc) is 2.85. The maximum atomic E-state index is 12.0. The quantitative estimate of drug-likeness (QED) is 0.811. The molecule has 0 aliphatic carbocycles. The van der Waals surface area contributed by atoms with Gasteiger partial charge in [0.25, 0.3) is 0 Å². The lowest BCUT2D eigenvalue weighted by Crippen LogP contribution is -1.97. The molecular formula is C13H7BrO3S. The van der Waals surface area contributed by atoms with Crippen LogP contribution in [0.1, 0.15) is 15.2 Å². The number of aromatic hydroxyl groups is 1. The number of allylic oxidation sites excluding steroid dienone is 1. The number of thiophene rings is 1. The molecular weight excluding hydrogens is 316 g/mol. The first-order valence-corrected chi connectivity index (χ1v) is 6.82. The van der Waals surface area contributed by atoms with E-state index in [0.29, 0.717) is 11.3 Å². The average molecular weight is 323 g/mol. The topological polar surface area (TPSA) is 46.5 Å². The Morgan fingerprint density at radius 3 is 2.89 bits per heavy atom. The number of rotatable bonds is 1. The Morgan fingerprint density at radius 1 is 1.33 bits per heavy atom. The fourth-order valence-corrected chi connectivity index (χ4v) is 3.07. The number of halogens is 1. The van der Waals surface area contributed by atoms with Crippen molar-refractivity contribution in [2.45, 2.75) is 0 Å². The maximum Gasteiger partial charge on any atom is 0.232 e. The number of phenols is 1. The molecule has 0 saturated heterocycles. The van der Waals surface area contributed by atoms with E-state index >= 15 is 0 Å². The smallest absolute Gasteiger partial charge is 0.232 e. The van der Waals surface area contributed by atoms with E-state index in [1.54, 1.807) is 12.1 Å². The predicted molar refractivity (Wildman–Crippen MR) is 73.1 cm³/mol. The highest BCUT2D eigenvalue weighted by atomic mass is 79.9. The molecule has 0 spiro atoms. The third-order valence-electron chi connectivity index (χ3n) is 2.51. The van der Waals surface area contributed by atoms with Gasteiger partial charge in [0.1, 0.15) is 11.5 Å². The molecule has 0 bridgehead atoms. The molecule has 0 atom stereocenters. The maximum absolute atomic E-state index is 12.0. The zero-order chi connectivity index (χ0) is 12.7. The summed E-state index contributed by atoms with van der Waals surface area (Å²) in [5.74, 6) is 0.614. The largest absolute Gasteiger partial charge is 0.508 e.